The van der Waals surface area contributed by atoms with Gasteiger partial charge in [0, 0.05) is 0 Å². The van der Waals surface area contributed by atoms with Gasteiger partial charge in [-0.15, -0.1) is 24.8 Å². The minimum atomic E-state index is -3.85. The molecule has 0 aliphatic carbocycles. The van der Waals surface area contributed by atoms with Crippen LogP contribution in [0, 0.1) is 0 Å². The smallest absolute Gasteiger partial charge is 0.318 e. The maximum atomic E-state index is 9.94. The lowest BCUT2D eigenvalue weighted by atomic mass is 10.7. The number of hydrogen-bond acceptors (Lipinski definition) is 3. The molecule has 0 bridgehead atoms. The molecule has 0 amide bonds. The highest BCUT2D eigenvalue weighted by Crippen LogP contribution is 1.65. The molecule has 0 heterocycles. The van der Waals surface area contributed by atoms with Crippen molar-refractivity contribution in [2.45, 2.75) is 0 Å². The Morgan fingerprint density at radius 1 is 1.45 bits per heavy atom. The SMILES string of the molecule is Cl.Cl.NS(=O)(=O)NCC(=O)O. The lowest BCUT2D eigenvalue weighted by Crippen LogP contribution is -2.34. The summed E-state index contributed by atoms with van der Waals surface area (Å²) in [5.74, 6) is -1.27. The van der Waals surface area contributed by atoms with E-state index in [1.54, 1.807) is 4.72 Å². The zero-order valence-electron chi connectivity index (χ0n) is 5.18. The van der Waals surface area contributed by atoms with Gasteiger partial charge < -0.3 is 5.11 Å². The summed E-state index contributed by atoms with van der Waals surface area (Å²) in [5.41, 5.74) is 0. The highest BCUT2D eigenvalue weighted by molar-refractivity contribution is 7.87. The molecule has 0 rings (SSSR count). The van der Waals surface area contributed by atoms with E-state index in [2.05, 4.69) is 5.14 Å². The molecular weight excluding hydrogens is 219 g/mol. The maximum absolute atomic E-state index is 9.94. The summed E-state index contributed by atoms with van der Waals surface area (Å²) in [4.78, 5) is 9.66. The first kappa shape index (κ1) is 17.1. The fourth-order valence-corrected chi connectivity index (χ4v) is 0.487. The Bertz CT molecular complexity index is 202. The van der Waals surface area contributed by atoms with Crippen LogP contribution in [0.1, 0.15) is 0 Å². The van der Waals surface area contributed by atoms with Crippen molar-refractivity contribution in [2.24, 2.45) is 5.14 Å². The molecule has 0 aromatic heterocycles. The van der Waals surface area contributed by atoms with Gasteiger partial charge in [-0.2, -0.15) is 13.1 Å². The van der Waals surface area contributed by atoms with E-state index < -0.39 is 22.7 Å². The number of carboxylic acids is 1. The number of hydrogen-bond donors (Lipinski definition) is 3. The van der Waals surface area contributed by atoms with Crippen LogP contribution in [-0.4, -0.2) is 26.0 Å². The van der Waals surface area contributed by atoms with Crippen LogP contribution in [0.4, 0.5) is 0 Å². The Kier molecular flexibility index (Phi) is 10.3. The molecule has 0 aliphatic heterocycles. The molecule has 0 atom stereocenters. The molecular formula is C2H8Cl2N2O4S. The van der Waals surface area contributed by atoms with E-state index in [1.807, 2.05) is 0 Å². The molecule has 0 radical (unpaired) electrons. The van der Waals surface area contributed by atoms with Gasteiger partial charge in [0.25, 0.3) is 10.2 Å². The van der Waals surface area contributed by atoms with Crippen molar-refractivity contribution < 1.29 is 18.3 Å². The monoisotopic (exact) mass is 226 g/mol. The van der Waals surface area contributed by atoms with Crippen LogP contribution in [0.25, 0.3) is 0 Å². The highest BCUT2D eigenvalue weighted by atomic mass is 35.5. The average molecular weight is 227 g/mol. The Hall–Kier alpha value is -0.0800. The molecule has 0 aromatic carbocycles. The first-order valence-corrected chi connectivity index (χ1v) is 3.45. The van der Waals surface area contributed by atoms with Crippen LogP contribution >= 0.6 is 24.8 Å². The van der Waals surface area contributed by atoms with Crippen LogP contribution in [0.5, 0.6) is 0 Å². The zero-order valence-corrected chi connectivity index (χ0v) is 7.63. The molecule has 0 aromatic rings. The largest absolute Gasteiger partial charge is 0.480 e. The van der Waals surface area contributed by atoms with Crippen LogP contribution < -0.4 is 9.86 Å². The number of carboxylic acid groups (broad SMARTS) is 1. The molecule has 0 spiro atoms. The third-order valence-corrected chi connectivity index (χ3v) is 0.971. The number of rotatable bonds is 3. The van der Waals surface area contributed by atoms with Crippen LogP contribution in [0.15, 0.2) is 0 Å². The Labute approximate surface area is 76.2 Å². The number of carbonyl (C=O) groups is 1. The summed E-state index contributed by atoms with van der Waals surface area (Å²) in [5, 5.41) is 12.3. The second-order valence-electron chi connectivity index (χ2n) is 1.26. The van der Waals surface area contributed by atoms with Gasteiger partial charge in [0.1, 0.15) is 6.54 Å². The standard InChI is InChI=1S/C2H6N2O4S.2ClH/c3-9(7,8)4-1-2(5)6;;/h4H,1H2,(H,5,6)(H2,3,7,8);2*1H. The second-order valence-corrected chi connectivity index (χ2v) is 2.64. The van der Waals surface area contributed by atoms with E-state index in [0.717, 1.165) is 0 Å². The number of halogens is 2. The van der Waals surface area contributed by atoms with Gasteiger partial charge in [-0.3, -0.25) is 4.79 Å². The fraction of sp³-hybridized carbons (Fsp3) is 0.500. The molecule has 9 heteroatoms. The Balaban J connectivity index is -0.000000320. The summed E-state index contributed by atoms with van der Waals surface area (Å²) in [6, 6.07) is 0. The van der Waals surface area contributed by atoms with E-state index in [9.17, 15) is 13.2 Å². The van der Waals surface area contributed by atoms with Gasteiger partial charge in [-0.1, -0.05) is 0 Å². The number of aliphatic carboxylic acids is 1. The summed E-state index contributed by atoms with van der Waals surface area (Å²) in [6.45, 7) is -0.682. The summed E-state index contributed by atoms with van der Waals surface area (Å²) >= 11 is 0. The molecule has 4 N–H and O–H groups in total. The van der Waals surface area contributed by atoms with E-state index in [0.29, 0.717) is 0 Å². The maximum Gasteiger partial charge on any atom is 0.318 e. The molecule has 0 fully saturated rings. The molecule has 0 saturated carbocycles. The normalized spacial score (nSPS) is 9.18. The number of nitrogens with one attached hydrogen (secondary N) is 1. The third-order valence-electron chi connectivity index (χ3n) is 0.425. The lowest BCUT2D eigenvalue weighted by Gasteiger charge is -1.93. The van der Waals surface area contributed by atoms with Crippen LogP contribution in [-0.2, 0) is 15.0 Å². The van der Waals surface area contributed by atoms with Crippen molar-refractivity contribution in [3.05, 3.63) is 0 Å². The molecule has 70 valence electrons. The molecule has 0 aliphatic rings. The molecule has 11 heavy (non-hydrogen) atoms. The topological polar surface area (TPSA) is 109 Å². The van der Waals surface area contributed by atoms with Gasteiger partial charge in [-0.25, -0.2) is 5.14 Å². The molecule has 6 nitrogen and oxygen atoms in total. The van der Waals surface area contributed by atoms with Crippen LogP contribution in [0.2, 0.25) is 0 Å². The first-order chi connectivity index (χ1) is 3.92. The Morgan fingerprint density at radius 2 is 1.82 bits per heavy atom. The summed E-state index contributed by atoms with van der Waals surface area (Å²) in [6.07, 6.45) is 0. The van der Waals surface area contributed by atoms with Crippen molar-refractivity contribution in [3.8, 4) is 0 Å². The van der Waals surface area contributed by atoms with Gasteiger partial charge >= 0.3 is 5.97 Å². The van der Waals surface area contributed by atoms with Crippen molar-refractivity contribution >= 4 is 41.0 Å². The fourth-order valence-electron chi connectivity index (χ4n) is 0.162. The molecule has 0 saturated heterocycles. The lowest BCUT2D eigenvalue weighted by molar-refractivity contribution is -0.135. The zero-order chi connectivity index (χ0) is 7.49. The minimum absolute atomic E-state index is 0. The van der Waals surface area contributed by atoms with Gasteiger partial charge in [0.2, 0.25) is 0 Å². The van der Waals surface area contributed by atoms with Gasteiger partial charge in [0.15, 0.2) is 0 Å². The van der Waals surface area contributed by atoms with Crippen molar-refractivity contribution in [1.82, 2.24) is 4.72 Å². The number of nitrogens with two attached hydrogens (primary N) is 1. The van der Waals surface area contributed by atoms with Crippen molar-refractivity contribution in [1.29, 1.82) is 0 Å². The predicted octanol–water partition coefficient (Wildman–Crippen LogP) is -1.29. The highest BCUT2D eigenvalue weighted by Gasteiger charge is 2.02. The van der Waals surface area contributed by atoms with Gasteiger partial charge in [0.05, 0.1) is 0 Å². The summed E-state index contributed by atoms with van der Waals surface area (Å²) < 4.78 is 21.4. The average Bonchev–Trinajstić information content (AvgIpc) is 1.59. The van der Waals surface area contributed by atoms with Crippen molar-refractivity contribution in [3.63, 3.8) is 0 Å². The van der Waals surface area contributed by atoms with E-state index in [-0.39, 0.29) is 24.8 Å². The predicted molar refractivity (Wildman–Crippen MR) is 43.2 cm³/mol. The second kappa shape index (κ2) is 6.62. The summed E-state index contributed by atoms with van der Waals surface area (Å²) in [7, 11) is -3.85. The third kappa shape index (κ3) is 17.8. The van der Waals surface area contributed by atoms with Gasteiger partial charge in [-0.05, 0) is 0 Å². The Morgan fingerprint density at radius 3 is 1.91 bits per heavy atom. The minimum Gasteiger partial charge on any atom is -0.480 e. The van der Waals surface area contributed by atoms with Crippen molar-refractivity contribution in [2.75, 3.05) is 6.54 Å². The first-order valence-electron chi connectivity index (χ1n) is 1.91. The quantitative estimate of drug-likeness (QED) is 0.557. The van der Waals surface area contributed by atoms with E-state index in [1.165, 1.54) is 0 Å². The van der Waals surface area contributed by atoms with Crippen LogP contribution in [0.3, 0.4) is 0 Å². The van der Waals surface area contributed by atoms with E-state index in [4.69, 9.17) is 5.11 Å². The molecule has 0 unspecified atom stereocenters. The van der Waals surface area contributed by atoms with E-state index >= 15 is 0 Å².